The Morgan fingerprint density at radius 1 is 1.09 bits per heavy atom. The van der Waals surface area contributed by atoms with Crippen molar-refractivity contribution in [2.45, 2.75) is 52.1 Å². The summed E-state index contributed by atoms with van der Waals surface area (Å²) in [4.78, 5) is 30.5. The van der Waals surface area contributed by atoms with E-state index in [1.54, 1.807) is 34.1 Å². The van der Waals surface area contributed by atoms with Crippen molar-refractivity contribution in [3.63, 3.8) is 0 Å². The molecule has 0 saturated carbocycles. The predicted octanol–water partition coefficient (Wildman–Crippen LogP) is 6.82. The lowest BCUT2D eigenvalue weighted by Crippen LogP contribution is -2.55. The summed E-state index contributed by atoms with van der Waals surface area (Å²) in [6.07, 6.45) is -1.60. The second-order valence-electron chi connectivity index (χ2n) is 11.1. The van der Waals surface area contributed by atoms with Gasteiger partial charge in [0.25, 0.3) is 5.69 Å². The molecule has 4 aromatic rings. The molecular weight excluding hydrogens is 617 g/mol. The van der Waals surface area contributed by atoms with Crippen LogP contribution in [0.1, 0.15) is 42.7 Å². The first-order valence-electron chi connectivity index (χ1n) is 14.7. The Hall–Kier alpha value is -4.62. The zero-order valence-electron chi connectivity index (χ0n) is 25.4. The third-order valence-electron chi connectivity index (χ3n) is 7.91. The molecule has 1 aromatic heterocycles. The number of thiocarbonyl (C=S) groups is 1. The van der Waals surface area contributed by atoms with Crippen molar-refractivity contribution < 1.29 is 22.9 Å². The van der Waals surface area contributed by atoms with E-state index in [-0.39, 0.29) is 41.2 Å². The molecule has 0 fully saturated rings. The van der Waals surface area contributed by atoms with Crippen molar-refractivity contribution >= 4 is 34.5 Å². The van der Waals surface area contributed by atoms with Gasteiger partial charge in [-0.3, -0.25) is 14.9 Å². The Morgan fingerprint density at radius 2 is 1.78 bits per heavy atom. The molecule has 1 heterocycles. The van der Waals surface area contributed by atoms with Gasteiger partial charge in [-0.2, -0.15) is 13.2 Å². The second kappa shape index (κ2) is 15.1. The average molecular weight is 653 g/mol. The lowest BCUT2D eigenvalue weighted by atomic mass is 9.83. The predicted molar refractivity (Wildman–Crippen MR) is 174 cm³/mol. The van der Waals surface area contributed by atoms with E-state index in [1.807, 2.05) is 44.2 Å². The number of hydrogen-bond donors (Lipinski definition) is 2. The number of non-ortho nitro benzene ring substituents is 1. The van der Waals surface area contributed by atoms with Gasteiger partial charge in [0.15, 0.2) is 5.11 Å². The molecule has 1 unspecified atom stereocenters. The zero-order chi connectivity index (χ0) is 33.4. The number of rotatable bonds is 13. The Labute approximate surface area is 270 Å². The molecule has 3 N–H and O–H groups in total. The van der Waals surface area contributed by atoms with Gasteiger partial charge >= 0.3 is 6.18 Å². The van der Waals surface area contributed by atoms with E-state index >= 15 is 0 Å². The third kappa shape index (κ3) is 8.76. The Morgan fingerprint density at radius 3 is 2.41 bits per heavy atom. The summed E-state index contributed by atoms with van der Waals surface area (Å²) >= 11 is 5.72. The fraction of sp³-hybridized carbons (Fsp3) is 0.303. The number of hydrogen-bond acceptors (Lipinski definition) is 6. The molecule has 13 heteroatoms. The standard InChI is InChI=1S/C33H35F3N6O3S/c1-3-22(2)30(29(43)17-28-18-38-21-40(28)19-24-12-14-27(15-13-24)42(44)45)31(37)41(20-23-8-5-4-6-9-23)32(46)39-26-11-7-10-25(16-26)33(34,35)36/h4-16,18,21-22,30-31H,3,17,19-20,37H2,1-2H3,(H,39,46)/t22-,30+,31?/m0/s1. The minimum atomic E-state index is -4.53. The summed E-state index contributed by atoms with van der Waals surface area (Å²) in [6, 6.07) is 20.2. The number of halogens is 3. The molecule has 0 radical (unpaired) electrons. The first-order valence-corrected chi connectivity index (χ1v) is 15.1. The number of nitro groups is 1. The fourth-order valence-corrected chi connectivity index (χ4v) is 5.51. The van der Waals surface area contributed by atoms with E-state index in [2.05, 4.69) is 10.3 Å². The number of nitrogens with two attached hydrogens (primary N) is 1. The molecule has 0 saturated heterocycles. The first-order chi connectivity index (χ1) is 21.9. The smallest absolute Gasteiger partial charge is 0.333 e. The van der Waals surface area contributed by atoms with Crippen LogP contribution in [-0.2, 0) is 30.5 Å². The van der Waals surface area contributed by atoms with Crippen LogP contribution in [0.5, 0.6) is 0 Å². The largest absolute Gasteiger partial charge is 0.416 e. The maximum absolute atomic E-state index is 14.1. The third-order valence-corrected chi connectivity index (χ3v) is 8.24. The van der Waals surface area contributed by atoms with Crippen LogP contribution in [0.15, 0.2) is 91.4 Å². The highest BCUT2D eigenvalue weighted by atomic mass is 32.1. The minimum absolute atomic E-state index is 0.0166. The number of anilines is 1. The Kier molecular flexibility index (Phi) is 11.3. The molecule has 0 spiro atoms. The maximum atomic E-state index is 14.1. The van der Waals surface area contributed by atoms with E-state index in [0.29, 0.717) is 18.7 Å². The average Bonchev–Trinajstić information content (AvgIpc) is 3.46. The molecule has 242 valence electrons. The van der Waals surface area contributed by atoms with Gasteiger partial charge in [0.2, 0.25) is 0 Å². The number of alkyl halides is 3. The van der Waals surface area contributed by atoms with E-state index in [1.165, 1.54) is 24.3 Å². The van der Waals surface area contributed by atoms with Crippen LogP contribution < -0.4 is 11.1 Å². The van der Waals surface area contributed by atoms with E-state index in [4.69, 9.17) is 18.0 Å². The number of Topliss-reactive ketones (excluding diaryl/α,β-unsaturated/α-hetero) is 1. The number of ketones is 1. The van der Waals surface area contributed by atoms with E-state index < -0.39 is 28.7 Å². The molecule has 0 aliphatic carbocycles. The van der Waals surface area contributed by atoms with Gasteiger partial charge in [-0.25, -0.2) is 4.98 Å². The zero-order valence-corrected chi connectivity index (χ0v) is 26.2. The van der Waals surface area contributed by atoms with Crippen LogP contribution in [0.4, 0.5) is 24.5 Å². The summed E-state index contributed by atoms with van der Waals surface area (Å²) in [5.41, 5.74) is 8.49. The topological polar surface area (TPSA) is 119 Å². The van der Waals surface area contributed by atoms with Crippen molar-refractivity contribution in [3.05, 3.63) is 124 Å². The molecule has 0 bridgehead atoms. The van der Waals surface area contributed by atoms with Crippen molar-refractivity contribution in [2.24, 2.45) is 17.6 Å². The maximum Gasteiger partial charge on any atom is 0.416 e. The van der Waals surface area contributed by atoms with Crippen molar-refractivity contribution in [2.75, 3.05) is 5.32 Å². The molecular formula is C33H35F3N6O3S. The molecule has 46 heavy (non-hydrogen) atoms. The van der Waals surface area contributed by atoms with Crippen molar-refractivity contribution in [1.82, 2.24) is 14.5 Å². The fourth-order valence-electron chi connectivity index (χ4n) is 5.21. The monoisotopic (exact) mass is 652 g/mol. The summed E-state index contributed by atoms with van der Waals surface area (Å²) in [5.74, 6) is -1.01. The SMILES string of the molecule is CC[C@H](C)[C@H](C(=O)Cc1cncn1Cc1ccc([N+](=O)[O-])cc1)C(N)N(Cc1ccccc1)C(=S)Nc1cccc(C(F)(F)F)c1. The van der Waals surface area contributed by atoms with Crippen LogP contribution >= 0.6 is 12.2 Å². The number of benzene rings is 3. The number of nitrogens with one attached hydrogen (secondary N) is 1. The molecule has 0 amide bonds. The summed E-state index contributed by atoms with van der Waals surface area (Å²) in [7, 11) is 0. The Balaban J connectivity index is 1.59. The summed E-state index contributed by atoms with van der Waals surface area (Å²) < 4.78 is 42.0. The van der Waals surface area contributed by atoms with E-state index in [9.17, 15) is 28.1 Å². The highest BCUT2D eigenvalue weighted by Gasteiger charge is 2.36. The number of nitro benzene ring substituents is 1. The number of carbonyl (C=O) groups excluding carboxylic acids is 1. The van der Waals surface area contributed by atoms with Gasteiger partial charge < -0.3 is 20.5 Å². The molecule has 3 aromatic carbocycles. The number of carbonyl (C=O) groups is 1. The van der Waals surface area contributed by atoms with Crippen LogP contribution in [0.2, 0.25) is 0 Å². The molecule has 0 aliphatic heterocycles. The number of nitrogens with zero attached hydrogens (tertiary/aromatic N) is 4. The van der Waals surface area contributed by atoms with Crippen molar-refractivity contribution in [1.29, 1.82) is 0 Å². The lowest BCUT2D eigenvalue weighted by Gasteiger charge is -2.38. The quantitative estimate of drug-likeness (QED) is 0.0700. The number of imidazole rings is 1. The molecule has 3 atom stereocenters. The summed E-state index contributed by atoms with van der Waals surface area (Å²) in [5, 5.41) is 14.0. The molecule has 4 rings (SSSR count). The van der Waals surface area contributed by atoms with Gasteiger partial charge in [-0.05, 0) is 47.5 Å². The first kappa shape index (κ1) is 34.3. The van der Waals surface area contributed by atoms with Crippen molar-refractivity contribution in [3.8, 4) is 0 Å². The van der Waals surface area contributed by atoms with Crippen LogP contribution in [0.3, 0.4) is 0 Å². The Bertz CT molecular complexity index is 1650. The molecule has 9 nitrogen and oxygen atoms in total. The second-order valence-corrected chi connectivity index (χ2v) is 11.5. The van der Waals surface area contributed by atoms with Gasteiger partial charge in [0.05, 0.1) is 28.9 Å². The normalized spacial score (nSPS) is 13.4. The van der Waals surface area contributed by atoms with Crippen LogP contribution in [-0.4, -0.2) is 36.4 Å². The van der Waals surface area contributed by atoms with Crippen LogP contribution in [0, 0.1) is 22.0 Å². The van der Waals surface area contributed by atoms with Crippen LogP contribution in [0.25, 0.3) is 0 Å². The highest BCUT2D eigenvalue weighted by molar-refractivity contribution is 7.80. The number of aromatic nitrogens is 2. The molecule has 0 aliphatic rings. The van der Waals surface area contributed by atoms with Gasteiger partial charge in [-0.15, -0.1) is 0 Å². The summed E-state index contributed by atoms with van der Waals surface area (Å²) in [6.45, 7) is 4.45. The van der Waals surface area contributed by atoms with Gasteiger partial charge in [0.1, 0.15) is 5.78 Å². The highest BCUT2D eigenvalue weighted by Crippen LogP contribution is 2.31. The lowest BCUT2D eigenvalue weighted by molar-refractivity contribution is -0.384. The van der Waals surface area contributed by atoms with Gasteiger partial charge in [-0.1, -0.05) is 68.8 Å². The van der Waals surface area contributed by atoms with Gasteiger partial charge in [0, 0.05) is 49.2 Å². The van der Waals surface area contributed by atoms with E-state index in [0.717, 1.165) is 23.3 Å². The minimum Gasteiger partial charge on any atom is -0.333 e.